The molecule has 0 aliphatic heterocycles. The van der Waals surface area contributed by atoms with Crippen LogP contribution in [-0.2, 0) is 0 Å². The van der Waals surface area contributed by atoms with Gasteiger partial charge in [0, 0.05) is 27.9 Å². The highest BCUT2D eigenvalue weighted by atomic mass is 16.3. The predicted octanol–water partition coefficient (Wildman–Crippen LogP) is 4.13. The van der Waals surface area contributed by atoms with Crippen LogP contribution in [0.4, 0.5) is 0 Å². The van der Waals surface area contributed by atoms with Gasteiger partial charge in [0.25, 0.3) is 0 Å². The maximum Gasteiger partial charge on any atom is 0.195 e. The van der Waals surface area contributed by atoms with Crippen molar-refractivity contribution in [3.05, 3.63) is 100 Å². The van der Waals surface area contributed by atoms with Crippen LogP contribution in [0.25, 0.3) is 27.2 Å². The van der Waals surface area contributed by atoms with Crippen molar-refractivity contribution in [1.82, 2.24) is 4.40 Å². The summed E-state index contributed by atoms with van der Waals surface area (Å²) in [5.41, 5.74) is 2.95. The fourth-order valence-corrected chi connectivity index (χ4v) is 3.73. The molecule has 5 rings (SSSR count). The maximum atomic E-state index is 13.1. The molecule has 1 unspecified atom stereocenters. The number of hydrogen-bond donors (Lipinski definition) is 1. The van der Waals surface area contributed by atoms with Gasteiger partial charge in [-0.15, -0.1) is 0 Å². The highest BCUT2D eigenvalue weighted by Gasteiger charge is 2.20. The van der Waals surface area contributed by atoms with Crippen LogP contribution >= 0.6 is 0 Å². The van der Waals surface area contributed by atoms with E-state index in [-0.39, 0.29) is 5.43 Å². The number of aliphatic hydroxyl groups is 1. The second-order valence-electron chi connectivity index (χ2n) is 6.32. The van der Waals surface area contributed by atoms with Gasteiger partial charge < -0.3 is 9.51 Å². The van der Waals surface area contributed by atoms with Crippen LogP contribution in [0.1, 0.15) is 17.2 Å². The lowest BCUT2D eigenvalue weighted by Gasteiger charge is -2.12. The topological polar surface area (TPSA) is 41.7 Å². The molecule has 5 aromatic rings. The van der Waals surface area contributed by atoms with Gasteiger partial charge in [-0.05, 0) is 17.7 Å². The highest BCUT2D eigenvalue weighted by molar-refractivity contribution is 6.13. The summed E-state index contributed by atoms with van der Waals surface area (Å²) in [6.45, 7) is 0. The van der Waals surface area contributed by atoms with Gasteiger partial charge in [0.05, 0.1) is 11.0 Å². The molecule has 2 heterocycles. The van der Waals surface area contributed by atoms with E-state index in [1.54, 1.807) is 6.20 Å². The third-order valence-electron chi connectivity index (χ3n) is 4.92. The summed E-state index contributed by atoms with van der Waals surface area (Å²) in [6, 6.07) is 23.2. The van der Waals surface area contributed by atoms with E-state index in [0.29, 0.717) is 16.5 Å². The quantitative estimate of drug-likeness (QED) is 0.530. The Kier molecular flexibility index (Phi) is 2.93. The molecule has 1 atom stereocenters. The fourth-order valence-electron chi connectivity index (χ4n) is 3.73. The summed E-state index contributed by atoms with van der Waals surface area (Å²) in [5, 5.41) is 13.6. The Morgan fingerprint density at radius 1 is 0.760 bits per heavy atom. The van der Waals surface area contributed by atoms with Crippen LogP contribution in [0.3, 0.4) is 0 Å². The van der Waals surface area contributed by atoms with Crippen LogP contribution in [0.15, 0.2) is 83.8 Å². The van der Waals surface area contributed by atoms with E-state index < -0.39 is 6.10 Å². The number of aliphatic hydroxyl groups excluding tert-OH is 1. The zero-order valence-electron chi connectivity index (χ0n) is 13.4. The van der Waals surface area contributed by atoms with E-state index in [4.69, 9.17) is 0 Å². The van der Waals surface area contributed by atoms with Gasteiger partial charge in [-0.2, -0.15) is 0 Å². The number of benzene rings is 3. The first-order chi connectivity index (χ1) is 12.3. The van der Waals surface area contributed by atoms with Crippen LogP contribution in [0, 0.1) is 0 Å². The largest absolute Gasteiger partial charge is 0.383 e. The summed E-state index contributed by atoms with van der Waals surface area (Å²) in [6.07, 6.45) is 0.843. The van der Waals surface area contributed by atoms with Crippen LogP contribution < -0.4 is 5.43 Å². The van der Waals surface area contributed by atoms with E-state index in [1.165, 1.54) is 0 Å². The van der Waals surface area contributed by atoms with Crippen LogP contribution in [0.5, 0.6) is 0 Å². The standard InChI is InChI=1S/C22H15NO2/c24-21(14-7-2-1-3-8-14)18-13-23-19-12-5-4-9-15(19)16-10-6-11-17(20(16)23)22(18)25/h1-13,21,24H. The Hall–Kier alpha value is -3.17. The third kappa shape index (κ3) is 1.93. The number of rotatable bonds is 2. The lowest BCUT2D eigenvalue weighted by Crippen LogP contribution is -2.16. The van der Waals surface area contributed by atoms with Gasteiger partial charge >= 0.3 is 0 Å². The Morgan fingerprint density at radius 3 is 2.28 bits per heavy atom. The van der Waals surface area contributed by atoms with Crippen LogP contribution in [-0.4, -0.2) is 9.51 Å². The smallest absolute Gasteiger partial charge is 0.195 e. The molecule has 0 amide bonds. The molecule has 0 saturated carbocycles. The molecular weight excluding hydrogens is 310 g/mol. The second kappa shape index (κ2) is 5.16. The highest BCUT2D eigenvalue weighted by Crippen LogP contribution is 2.32. The van der Waals surface area contributed by atoms with Gasteiger partial charge in [0.1, 0.15) is 6.10 Å². The SMILES string of the molecule is O=c1c(C(O)c2ccccc2)cn2c3ccccc3c3cccc1c32. The van der Waals surface area contributed by atoms with E-state index in [1.807, 2.05) is 71.1 Å². The summed E-state index contributed by atoms with van der Waals surface area (Å²) in [5.74, 6) is 0. The maximum absolute atomic E-state index is 13.1. The zero-order valence-corrected chi connectivity index (χ0v) is 13.4. The average Bonchev–Trinajstić information content (AvgIpc) is 3.00. The van der Waals surface area contributed by atoms with Gasteiger partial charge in [-0.25, -0.2) is 0 Å². The lowest BCUT2D eigenvalue weighted by atomic mass is 10.0. The Labute approximate surface area is 143 Å². The van der Waals surface area contributed by atoms with E-state index >= 15 is 0 Å². The molecule has 1 N–H and O–H groups in total. The summed E-state index contributed by atoms with van der Waals surface area (Å²) in [7, 11) is 0. The van der Waals surface area contributed by atoms with Crippen molar-refractivity contribution in [3.63, 3.8) is 0 Å². The Bertz CT molecular complexity index is 1270. The number of hydrogen-bond acceptors (Lipinski definition) is 2. The van der Waals surface area contributed by atoms with Crippen LogP contribution in [0.2, 0.25) is 0 Å². The number of pyridine rings is 1. The van der Waals surface area contributed by atoms with Gasteiger partial charge in [0.15, 0.2) is 5.43 Å². The summed E-state index contributed by atoms with van der Waals surface area (Å²) in [4.78, 5) is 13.1. The number of nitrogens with zero attached hydrogens (tertiary/aromatic N) is 1. The van der Waals surface area contributed by atoms with Gasteiger partial charge in [0.2, 0.25) is 0 Å². The molecule has 120 valence electrons. The molecule has 0 bridgehead atoms. The molecule has 0 saturated heterocycles. The number of aromatic nitrogens is 1. The van der Waals surface area contributed by atoms with Crippen molar-refractivity contribution in [2.45, 2.75) is 6.10 Å². The Balaban J connectivity index is 1.92. The summed E-state index contributed by atoms with van der Waals surface area (Å²) < 4.78 is 2.03. The second-order valence-corrected chi connectivity index (χ2v) is 6.32. The normalized spacial score (nSPS) is 13.0. The van der Waals surface area contributed by atoms with Gasteiger partial charge in [-0.3, -0.25) is 4.79 Å². The Morgan fingerprint density at radius 2 is 1.44 bits per heavy atom. The molecule has 0 fully saturated rings. The van der Waals surface area contributed by atoms with Crippen molar-refractivity contribution < 1.29 is 5.11 Å². The molecule has 0 aliphatic rings. The van der Waals surface area contributed by atoms with E-state index in [2.05, 4.69) is 6.07 Å². The first kappa shape index (κ1) is 14.2. The molecule has 0 spiro atoms. The molecule has 3 heteroatoms. The van der Waals surface area contributed by atoms with Crippen molar-refractivity contribution in [1.29, 1.82) is 0 Å². The first-order valence-corrected chi connectivity index (χ1v) is 8.27. The lowest BCUT2D eigenvalue weighted by molar-refractivity contribution is 0.219. The fraction of sp³-hybridized carbons (Fsp3) is 0.0455. The van der Waals surface area contributed by atoms with Crippen molar-refractivity contribution in [2.75, 3.05) is 0 Å². The van der Waals surface area contributed by atoms with Crippen molar-refractivity contribution in [3.8, 4) is 0 Å². The zero-order chi connectivity index (χ0) is 17.0. The van der Waals surface area contributed by atoms with E-state index in [9.17, 15) is 9.90 Å². The van der Waals surface area contributed by atoms with Crippen molar-refractivity contribution in [2.24, 2.45) is 0 Å². The molecule has 0 radical (unpaired) electrons. The minimum Gasteiger partial charge on any atom is -0.383 e. The minimum atomic E-state index is -0.946. The molecule has 0 aliphatic carbocycles. The molecule has 25 heavy (non-hydrogen) atoms. The predicted molar refractivity (Wildman–Crippen MR) is 100 cm³/mol. The molecule has 3 nitrogen and oxygen atoms in total. The van der Waals surface area contributed by atoms with Crippen molar-refractivity contribution >= 4 is 27.2 Å². The molecule has 2 aromatic heterocycles. The van der Waals surface area contributed by atoms with E-state index in [0.717, 1.165) is 21.8 Å². The first-order valence-electron chi connectivity index (χ1n) is 8.27. The summed E-state index contributed by atoms with van der Waals surface area (Å²) >= 11 is 0. The van der Waals surface area contributed by atoms with Gasteiger partial charge in [-0.1, -0.05) is 60.7 Å². The molecule has 3 aromatic carbocycles. The average molecular weight is 325 g/mol. The number of para-hydroxylation sites is 2. The number of fused-ring (bicyclic) bond motifs is 3. The third-order valence-corrected chi connectivity index (χ3v) is 4.92. The molecular formula is C22H15NO2. The minimum absolute atomic E-state index is 0.114. The monoisotopic (exact) mass is 325 g/mol.